The molecule has 0 spiro atoms. The van der Waals surface area contributed by atoms with E-state index >= 15 is 0 Å². The van der Waals surface area contributed by atoms with Gasteiger partial charge in [-0.2, -0.15) is 0 Å². The number of hydrogen-bond donors (Lipinski definition) is 1. The van der Waals surface area contributed by atoms with Crippen molar-refractivity contribution in [1.29, 1.82) is 0 Å². The van der Waals surface area contributed by atoms with Crippen LogP contribution in [0.5, 0.6) is 0 Å². The molecule has 0 aliphatic rings. The van der Waals surface area contributed by atoms with E-state index in [0.29, 0.717) is 5.89 Å². The van der Waals surface area contributed by atoms with Gasteiger partial charge in [0, 0.05) is 5.56 Å². The number of hydrogen-bond acceptors (Lipinski definition) is 3. The molecule has 0 saturated carbocycles. The summed E-state index contributed by atoms with van der Waals surface area (Å²) in [6.07, 6.45) is -0.494. The van der Waals surface area contributed by atoms with Crippen molar-refractivity contribution in [3.63, 3.8) is 0 Å². The summed E-state index contributed by atoms with van der Waals surface area (Å²) < 4.78 is 5.70. The lowest BCUT2D eigenvalue weighted by molar-refractivity contribution is 0.199. The highest BCUT2D eigenvalue weighted by Crippen LogP contribution is 2.26. The Hall–Kier alpha value is -2.13. The largest absolute Gasteiger partial charge is 0.436 e. The molecule has 0 radical (unpaired) electrons. The average molecular weight is 239 g/mol. The third kappa shape index (κ3) is 1.89. The van der Waals surface area contributed by atoms with Gasteiger partial charge in [0.25, 0.3) is 0 Å². The molecule has 3 rings (SSSR count). The van der Waals surface area contributed by atoms with Gasteiger partial charge in [0.15, 0.2) is 5.58 Å². The Labute approximate surface area is 105 Å². The molecule has 0 bridgehead atoms. The monoisotopic (exact) mass is 239 g/mol. The molecule has 1 atom stereocenters. The Bertz CT molecular complexity index is 671. The molecule has 1 heterocycles. The van der Waals surface area contributed by atoms with Crippen molar-refractivity contribution in [3.05, 3.63) is 54.1 Å². The smallest absolute Gasteiger partial charge is 0.227 e. The molecule has 18 heavy (non-hydrogen) atoms. The second-order valence-corrected chi connectivity index (χ2v) is 4.29. The minimum atomic E-state index is -0.494. The van der Waals surface area contributed by atoms with Crippen LogP contribution < -0.4 is 0 Å². The normalized spacial score (nSPS) is 12.8. The van der Waals surface area contributed by atoms with E-state index in [0.717, 1.165) is 22.2 Å². The first kappa shape index (κ1) is 11.0. The van der Waals surface area contributed by atoms with Crippen molar-refractivity contribution >= 4 is 11.1 Å². The maximum atomic E-state index is 9.55. The van der Waals surface area contributed by atoms with Gasteiger partial charge in [-0.1, -0.05) is 24.3 Å². The number of nitrogens with zero attached hydrogens (tertiary/aromatic N) is 1. The van der Waals surface area contributed by atoms with Crippen molar-refractivity contribution < 1.29 is 9.52 Å². The van der Waals surface area contributed by atoms with Crippen molar-refractivity contribution in [2.75, 3.05) is 0 Å². The number of aliphatic hydroxyl groups excluding tert-OH is 1. The lowest BCUT2D eigenvalue weighted by Crippen LogP contribution is -1.89. The van der Waals surface area contributed by atoms with Gasteiger partial charge in [0.1, 0.15) is 5.52 Å². The molecule has 0 aliphatic carbocycles. The molecular formula is C15H13NO2. The summed E-state index contributed by atoms with van der Waals surface area (Å²) in [4.78, 5) is 4.45. The molecule has 3 nitrogen and oxygen atoms in total. The van der Waals surface area contributed by atoms with Gasteiger partial charge in [-0.25, -0.2) is 4.98 Å². The van der Waals surface area contributed by atoms with Gasteiger partial charge in [0.05, 0.1) is 6.10 Å². The zero-order chi connectivity index (χ0) is 12.5. The van der Waals surface area contributed by atoms with E-state index in [1.54, 1.807) is 6.92 Å². The van der Waals surface area contributed by atoms with E-state index in [1.807, 2.05) is 48.5 Å². The number of rotatable bonds is 2. The van der Waals surface area contributed by atoms with Crippen LogP contribution in [0.4, 0.5) is 0 Å². The quantitative estimate of drug-likeness (QED) is 0.743. The van der Waals surface area contributed by atoms with Crippen LogP contribution in [0.3, 0.4) is 0 Å². The average Bonchev–Trinajstić information content (AvgIpc) is 2.82. The van der Waals surface area contributed by atoms with Crippen molar-refractivity contribution in [1.82, 2.24) is 4.98 Å². The van der Waals surface area contributed by atoms with Gasteiger partial charge in [0.2, 0.25) is 5.89 Å². The zero-order valence-corrected chi connectivity index (χ0v) is 10.00. The second kappa shape index (κ2) is 4.27. The number of benzene rings is 2. The molecule has 1 unspecified atom stereocenters. The molecule has 3 aromatic rings. The topological polar surface area (TPSA) is 46.3 Å². The lowest BCUT2D eigenvalue weighted by Gasteiger charge is -2.01. The maximum Gasteiger partial charge on any atom is 0.227 e. The first-order valence-electron chi connectivity index (χ1n) is 5.88. The van der Waals surface area contributed by atoms with Gasteiger partial charge in [-0.05, 0) is 36.8 Å². The predicted molar refractivity (Wildman–Crippen MR) is 70.1 cm³/mol. The molecule has 1 N–H and O–H groups in total. The van der Waals surface area contributed by atoms with Crippen LogP contribution in [-0.4, -0.2) is 10.1 Å². The Balaban J connectivity index is 2.11. The van der Waals surface area contributed by atoms with E-state index in [-0.39, 0.29) is 0 Å². The molecule has 1 aromatic heterocycles. The predicted octanol–water partition coefficient (Wildman–Crippen LogP) is 3.55. The van der Waals surface area contributed by atoms with Gasteiger partial charge < -0.3 is 9.52 Å². The summed E-state index contributed by atoms with van der Waals surface area (Å²) in [5.41, 5.74) is 3.30. The minimum Gasteiger partial charge on any atom is -0.436 e. The maximum absolute atomic E-state index is 9.55. The fourth-order valence-electron chi connectivity index (χ4n) is 1.91. The van der Waals surface area contributed by atoms with E-state index in [2.05, 4.69) is 4.98 Å². The first-order valence-corrected chi connectivity index (χ1v) is 5.88. The third-order valence-corrected chi connectivity index (χ3v) is 2.91. The second-order valence-electron chi connectivity index (χ2n) is 4.29. The van der Waals surface area contributed by atoms with E-state index < -0.39 is 6.10 Å². The number of aromatic nitrogens is 1. The summed E-state index contributed by atoms with van der Waals surface area (Å²) in [5.74, 6) is 0.605. The van der Waals surface area contributed by atoms with Crippen LogP contribution in [0, 0.1) is 0 Å². The van der Waals surface area contributed by atoms with Crippen molar-refractivity contribution in [3.8, 4) is 11.5 Å². The number of oxazole rings is 1. The highest BCUT2D eigenvalue weighted by atomic mass is 16.3. The highest BCUT2D eigenvalue weighted by molar-refractivity contribution is 5.77. The summed E-state index contributed by atoms with van der Waals surface area (Å²) in [6, 6.07) is 15.3. The first-order chi connectivity index (χ1) is 8.74. The van der Waals surface area contributed by atoms with Crippen LogP contribution in [0.15, 0.2) is 52.9 Å². The number of fused-ring (bicyclic) bond motifs is 1. The fraction of sp³-hybridized carbons (Fsp3) is 0.133. The van der Waals surface area contributed by atoms with Crippen molar-refractivity contribution in [2.24, 2.45) is 0 Å². The highest BCUT2D eigenvalue weighted by Gasteiger charge is 2.09. The van der Waals surface area contributed by atoms with E-state index in [4.69, 9.17) is 4.42 Å². The van der Waals surface area contributed by atoms with E-state index in [1.165, 1.54) is 0 Å². The fourth-order valence-corrected chi connectivity index (χ4v) is 1.91. The van der Waals surface area contributed by atoms with Gasteiger partial charge in [-0.3, -0.25) is 0 Å². The van der Waals surface area contributed by atoms with Crippen LogP contribution >= 0.6 is 0 Å². The molecule has 90 valence electrons. The van der Waals surface area contributed by atoms with E-state index in [9.17, 15) is 5.11 Å². The zero-order valence-electron chi connectivity index (χ0n) is 10.00. The standard InChI is InChI=1S/C15H13NO2/c1-10(17)12-7-8-14-13(9-12)16-15(18-14)11-5-3-2-4-6-11/h2-10,17H,1H3. The van der Waals surface area contributed by atoms with Gasteiger partial charge >= 0.3 is 0 Å². The SMILES string of the molecule is CC(O)c1ccc2oc(-c3ccccc3)nc2c1. The molecule has 3 heteroatoms. The van der Waals surface area contributed by atoms with Crippen LogP contribution in [0.25, 0.3) is 22.6 Å². The Morgan fingerprint density at radius 1 is 1.11 bits per heavy atom. The molecule has 0 amide bonds. The molecule has 2 aromatic carbocycles. The summed E-state index contributed by atoms with van der Waals surface area (Å²) in [6.45, 7) is 1.74. The Morgan fingerprint density at radius 2 is 1.89 bits per heavy atom. The van der Waals surface area contributed by atoms with Crippen LogP contribution in [-0.2, 0) is 0 Å². The van der Waals surface area contributed by atoms with Gasteiger partial charge in [-0.15, -0.1) is 0 Å². The molecule has 0 aliphatic heterocycles. The lowest BCUT2D eigenvalue weighted by atomic mass is 10.1. The summed E-state index contributed by atoms with van der Waals surface area (Å²) in [5, 5.41) is 9.55. The summed E-state index contributed by atoms with van der Waals surface area (Å²) >= 11 is 0. The minimum absolute atomic E-state index is 0.494. The molecule has 0 saturated heterocycles. The van der Waals surface area contributed by atoms with Crippen LogP contribution in [0.1, 0.15) is 18.6 Å². The Kier molecular flexibility index (Phi) is 2.61. The van der Waals surface area contributed by atoms with Crippen LogP contribution in [0.2, 0.25) is 0 Å². The summed E-state index contributed by atoms with van der Waals surface area (Å²) in [7, 11) is 0. The number of aliphatic hydroxyl groups is 1. The Morgan fingerprint density at radius 3 is 2.61 bits per heavy atom. The molecule has 0 fully saturated rings. The molecular weight excluding hydrogens is 226 g/mol. The van der Waals surface area contributed by atoms with Crippen molar-refractivity contribution in [2.45, 2.75) is 13.0 Å². The third-order valence-electron chi connectivity index (χ3n) is 2.91.